The number of benzene rings is 2. The standard InChI is InChI=1S/C24H28N2OS/c1-14-8-10-22-19(12-14)17(4)25-21-13-18(9-11-23(21)28-22)24(27)26-20-7-5-6-15(2)16(20)3/h8-13,15-16,20H,5-7H2,1-4H3,(H,26,27)/t15-,16+,20+/m0/s1. The number of rotatable bonds is 2. The Morgan fingerprint density at radius 3 is 2.68 bits per heavy atom. The molecule has 146 valence electrons. The van der Waals surface area contributed by atoms with Crippen LogP contribution in [0.3, 0.4) is 0 Å². The number of carbonyl (C=O) groups is 1. The van der Waals surface area contributed by atoms with Gasteiger partial charge in [-0.05, 0) is 62.4 Å². The summed E-state index contributed by atoms with van der Waals surface area (Å²) in [5, 5.41) is 3.28. The molecule has 1 heterocycles. The molecule has 4 heteroatoms. The summed E-state index contributed by atoms with van der Waals surface area (Å²) in [6.45, 7) is 8.70. The number of amides is 1. The van der Waals surface area contributed by atoms with Crippen LogP contribution in [0.5, 0.6) is 0 Å². The Bertz CT molecular complexity index is 950. The zero-order valence-electron chi connectivity index (χ0n) is 17.1. The SMILES string of the molecule is CC1=Nc2cc(C(=O)N[C@@H]3CCC[C@H](C)[C@H]3C)ccc2Sc2ccc(C)cc21. The van der Waals surface area contributed by atoms with E-state index in [1.54, 1.807) is 11.8 Å². The molecule has 2 aliphatic rings. The van der Waals surface area contributed by atoms with Gasteiger partial charge in [0.05, 0.1) is 5.69 Å². The first kappa shape index (κ1) is 19.3. The van der Waals surface area contributed by atoms with E-state index in [-0.39, 0.29) is 11.9 Å². The van der Waals surface area contributed by atoms with Gasteiger partial charge >= 0.3 is 0 Å². The minimum atomic E-state index is 0.0178. The monoisotopic (exact) mass is 392 g/mol. The predicted octanol–water partition coefficient (Wildman–Crippen LogP) is 6.15. The minimum absolute atomic E-state index is 0.0178. The second kappa shape index (κ2) is 7.75. The molecule has 1 aliphatic heterocycles. The molecule has 4 rings (SSSR count). The molecule has 0 unspecified atom stereocenters. The maximum atomic E-state index is 12.9. The van der Waals surface area contributed by atoms with Crippen LogP contribution < -0.4 is 5.32 Å². The highest BCUT2D eigenvalue weighted by molar-refractivity contribution is 7.99. The fourth-order valence-electron chi connectivity index (χ4n) is 4.24. The largest absolute Gasteiger partial charge is 0.349 e. The van der Waals surface area contributed by atoms with E-state index in [0.29, 0.717) is 17.4 Å². The lowest BCUT2D eigenvalue weighted by molar-refractivity contribution is 0.0891. The predicted molar refractivity (Wildman–Crippen MR) is 117 cm³/mol. The highest BCUT2D eigenvalue weighted by atomic mass is 32.2. The van der Waals surface area contributed by atoms with Gasteiger partial charge in [-0.15, -0.1) is 0 Å². The average Bonchev–Trinajstić information content (AvgIpc) is 2.80. The molecule has 3 atom stereocenters. The Morgan fingerprint density at radius 1 is 1.07 bits per heavy atom. The van der Waals surface area contributed by atoms with Crippen LogP contribution in [0.2, 0.25) is 0 Å². The van der Waals surface area contributed by atoms with Crippen LogP contribution in [-0.4, -0.2) is 17.7 Å². The number of hydrogen-bond acceptors (Lipinski definition) is 3. The molecule has 0 bridgehead atoms. The van der Waals surface area contributed by atoms with Crippen molar-refractivity contribution in [3.8, 4) is 0 Å². The van der Waals surface area contributed by atoms with E-state index < -0.39 is 0 Å². The summed E-state index contributed by atoms with van der Waals surface area (Å²) in [5.74, 6) is 1.20. The number of aryl methyl sites for hydroxylation is 1. The molecule has 1 fully saturated rings. The number of aliphatic imine (C=N–C) groups is 1. The highest BCUT2D eigenvalue weighted by Crippen LogP contribution is 2.41. The summed E-state index contributed by atoms with van der Waals surface area (Å²) in [5.41, 5.74) is 4.99. The molecular formula is C24H28N2OS. The molecule has 0 aromatic heterocycles. The third-order valence-electron chi connectivity index (χ3n) is 6.28. The Balaban J connectivity index is 1.60. The molecule has 0 radical (unpaired) electrons. The highest BCUT2D eigenvalue weighted by Gasteiger charge is 2.28. The second-order valence-corrected chi connectivity index (χ2v) is 9.41. The Labute approximate surface area is 172 Å². The van der Waals surface area contributed by atoms with Crippen molar-refractivity contribution < 1.29 is 4.79 Å². The Kier molecular flexibility index (Phi) is 5.33. The summed E-state index contributed by atoms with van der Waals surface area (Å²) in [7, 11) is 0. The van der Waals surface area contributed by atoms with Crippen LogP contribution in [0.4, 0.5) is 5.69 Å². The van der Waals surface area contributed by atoms with Crippen molar-refractivity contribution in [2.45, 2.75) is 62.8 Å². The first-order valence-electron chi connectivity index (χ1n) is 10.2. The molecular weight excluding hydrogens is 364 g/mol. The molecule has 1 aliphatic carbocycles. The van der Waals surface area contributed by atoms with Crippen molar-refractivity contribution in [3.63, 3.8) is 0 Å². The minimum Gasteiger partial charge on any atom is -0.349 e. The van der Waals surface area contributed by atoms with Gasteiger partial charge in [0.25, 0.3) is 5.91 Å². The van der Waals surface area contributed by atoms with Gasteiger partial charge < -0.3 is 5.32 Å². The number of carbonyl (C=O) groups excluding carboxylic acids is 1. The van der Waals surface area contributed by atoms with Crippen LogP contribution in [0, 0.1) is 18.8 Å². The maximum absolute atomic E-state index is 12.9. The molecule has 2 aromatic carbocycles. The first-order valence-corrected chi connectivity index (χ1v) is 11.0. The maximum Gasteiger partial charge on any atom is 0.251 e. The van der Waals surface area contributed by atoms with Crippen molar-refractivity contribution in [2.24, 2.45) is 16.8 Å². The molecule has 28 heavy (non-hydrogen) atoms. The lowest BCUT2D eigenvalue weighted by Crippen LogP contribution is -2.43. The smallest absolute Gasteiger partial charge is 0.251 e. The van der Waals surface area contributed by atoms with Gasteiger partial charge in [0.2, 0.25) is 0 Å². The van der Waals surface area contributed by atoms with E-state index in [2.05, 4.69) is 44.3 Å². The Morgan fingerprint density at radius 2 is 1.86 bits per heavy atom. The number of hydrogen-bond donors (Lipinski definition) is 1. The number of nitrogens with zero attached hydrogens (tertiary/aromatic N) is 1. The summed E-state index contributed by atoms with van der Waals surface area (Å²) in [6.07, 6.45) is 3.53. The van der Waals surface area contributed by atoms with Crippen LogP contribution in [0.15, 0.2) is 51.2 Å². The average molecular weight is 393 g/mol. The summed E-state index contributed by atoms with van der Waals surface area (Å²) in [4.78, 5) is 20.1. The summed E-state index contributed by atoms with van der Waals surface area (Å²) >= 11 is 1.73. The van der Waals surface area contributed by atoms with Gasteiger partial charge in [-0.3, -0.25) is 9.79 Å². The molecule has 0 saturated heterocycles. The molecule has 2 aromatic rings. The molecule has 1 amide bonds. The summed E-state index contributed by atoms with van der Waals surface area (Å²) in [6, 6.07) is 12.7. The van der Waals surface area contributed by atoms with E-state index in [1.165, 1.54) is 28.9 Å². The van der Waals surface area contributed by atoms with E-state index >= 15 is 0 Å². The van der Waals surface area contributed by atoms with Crippen LogP contribution >= 0.6 is 11.8 Å². The van der Waals surface area contributed by atoms with Gasteiger partial charge in [0.15, 0.2) is 0 Å². The van der Waals surface area contributed by atoms with Crippen LogP contribution in [0.25, 0.3) is 0 Å². The van der Waals surface area contributed by atoms with Crippen LogP contribution in [0.1, 0.15) is 61.5 Å². The van der Waals surface area contributed by atoms with Gasteiger partial charge in [-0.1, -0.05) is 50.1 Å². The quantitative estimate of drug-likeness (QED) is 0.665. The van der Waals surface area contributed by atoms with Crippen LogP contribution in [-0.2, 0) is 0 Å². The van der Waals surface area contributed by atoms with Gasteiger partial charge in [-0.25, -0.2) is 0 Å². The van der Waals surface area contributed by atoms with Crippen molar-refractivity contribution in [3.05, 3.63) is 53.1 Å². The van der Waals surface area contributed by atoms with Crippen molar-refractivity contribution in [2.75, 3.05) is 0 Å². The zero-order chi connectivity index (χ0) is 19.8. The summed E-state index contributed by atoms with van der Waals surface area (Å²) < 4.78 is 0. The van der Waals surface area contributed by atoms with Gasteiger partial charge in [0.1, 0.15) is 0 Å². The third kappa shape index (κ3) is 3.75. The fraction of sp³-hybridized carbons (Fsp3) is 0.417. The van der Waals surface area contributed by atoms with Crippen molar-refractivity contribution in [1.29, 1.82) is 0 Å². The molecule has 1 saturated carbocycles. The van der Waals surface area contributed by atoms with E-state index in [0.717, 1.165) is 22.7 Å². The second-order valence-electron chi connectivity index (χ2n) is 8.33. The zero-order valence-corrected chi connectivity index (χ0v) is 17.9. The van der Waals surface area contributed by atoms with E-state index in [1.807, 2.05) is 25.1 Å². The fourth-order valence-corrected chi connectivity index (χ4v) is 5.28. The van der Waals surface area contributed by atoms with Gasteiger partial charge in [0, 0.05) is 32.7 Å². The number of fused-ring (bicyclic) bond motifs is 2. The normalized spacial score (nSPS) is 23.9. The molecule has 1 N–H and O–H groups in total. The lowest BCUT2D eigenvalue weighted by Gasteiger charge is -2.34. The van der Waals surface area contributed by atoms with E-state index in [9.17, 15) is 4.79 Å². The van der Waals surface area contributed by atoms with E-state index in [4.69, 9.17) is 4.99 Å². The lowest BCUT2D eigenvalue weighted by atomic mass is 9.78. The topological polar surface area (TPSA) is 41.5 Å². The first-order chi connectivity index (χ1) is 13.4. The molecule has 0 spiro atoms. The van der Waals surface area contributed by atoms with Crippen molar-refractivity contribution >= 4 is 29.1 Å². The van der Waals surface area contributed by atoms with Gasteiger partial charge in [-0.2, -0.15) is 0 Å². The number of nitrogens with one attached hydrogen (secondary N) is 1. The molecule has 3 nitrogen and oxygen atoms in total. The Hall–Kier alpha value is -2.07. The van der Waals surface area contributed by atoms with Crippen molar-refractivity contribution in [1.82, 2.24) is 5.32 Å². The third-order valence-corrected chi connectivity index (χ3v) is 7.42.